The smallest absolute Gasteiger partial charge is 0.305 e. The van der Waals surface area contributed by atoms with Crippen LogP contribution in [0.5, 0.6) is 5.75 Å². The zero-order valence-corrected chi connectivity index (χ0v) is 29.7. The summed E-state index contributed by atoms with van der Waals surface area (Å²) in [6, 6.07) is 16.5. The van der Waals surface area contributed by atoms with Crippen LogP contribution in [-0.2, 0) is 9.53 Å². The fourth-order valence-electron chi connectivity index (χ4n) is 7.25. The highest BCUT2D eigenvalue weighted by Gasteiger charge is 2.35. The zero-order chi connectivity index (χ0) is 33.8. The number of amides is 1. The monoisotopic (exact) mass is 648 g/mol. The molecule has 8 heteroatoms. The molecule has 0 saturated carbocycles. The third-order valence-corrected chi connectivity index (χ3v) is 10.2. The first kappa shape index (κ1) is 36.9. The highest BCUT2D eigenvalue weighted by Crippen LogP contribution is 2.35. The predicted molar refractivity (Wildman–Crippen MR) is 190 cm³/mol. The number of nitrogens with zero attached hydrogens (tertiary/aromatic N) is 4. The maximum absolute atomic E-state index is 13.9. The molecule has 2 fully saturated rings. The third kappa shape index (κ3) is 10.8. The minimum absolute atomic E-state index is 0.0602. The Morgan fingerprint density at radius 3 is 2.38 bits per heavy atom. The number of rotatable bonds is 15. The molecule has 2 unspecified atom stereocenters. The van der Waals surface area contributed by atoms with Gasteiger partial charge >= 0.3 is 5.97 Å². The Hall–Kier alpha value is -2.94. The van der Waals surface area contributed by atoms with E-state index >= 15 is 0 Å². The molecule has 0 spiro atoms. The van der Waals surface area contributed by atoms with Crippen LogP contribution in [0.25, 0.3) is 0 Å². The molecule has 47 heavy (non-hydrogen) atoms. The van der Waals surface area contributed by atoms with E-state index in [1.807, 2.05) is 36.1 Å². The lowest BCUT2D eigenvalue weighted by atomic mass is 9.92. The van der Waals surface area contributed by atoms with Crippen molar-refractivity contribution in [1.29, 1.82) is 0 Å². The molecule has 0 aliphatic carbocycles. The van der Waals surface area contributed by atoms with Gasteiger partial charge in [-0.25, -0.2) is 0 Å². The summed E-state index contributed by atoms with van der Waals surface area (Å²) in [6.45, 7) is 19.0. The van der Waals surface area contributed by atoms with Gasteiger partial charge in [0.1, 0.15) is 5.75 Å². The molecule has 0 radical (unpaired) electrons. The van der Waals surface area contributed by atoms with Gasteiger partial charge in [0.15, 0.2) is 0 Å². The summed E-state index contributed by atoms with van der Waals surface area (Å²) in [7, 11) is 0. The first-order chi connectivity index (χ1) is 22.7. The average molecular weight is 649 g/mol. The highest BCUT2D eigenvalue weighted by molar-refractivity contribution is 5.94. The van der Waals surface area contributed by atoms with Crippen LogP contribution in [0.1, 0.15) is 107 Å². The van der Waals surface area contributed by atoms with E-state index in [2.05, 4.69) is 60.6 Å². The minimum Gasteiger partial charge on any atom is -0.508 e. The van der Waals surface area contributed by atoms with E-state index in [-0.39, 0.29) is 23.7 Å². The van der Waals surface area contributed by atoms with Gasteiger partial charge in [0.25, 0.3) is 5.91 Å². The van der Waals surface area contributed by atoms with Gasteiger partial charge in [-0.3, -0.25) is 19.4 Å². The van der Waals surface area contributed by atoms with Gasteiger partial charge in [0.2, 0.25) is 0 Å². The first-order valence-corrected chi connectivity index (χ1v) is 18.3. The van der Waals surface area contributed by atoms with E-state index in [0.717, 1.165) is 101 Å². The number of hydrogen-bond acceptors (Lipinski definition) is 7. The molecule has 2 aliphatic rings. The van der Waals surface area contributed by atoms with Gasteiger partial charge in [-0.15, -0.1) is 0 Å². The Bertz CT molecular complexity index is 1270. The summed E-state index contributed by atoms with van der Waals surface area (Å²) < 4.78 is 5.02. The molecule has 2 aromatic rings. The molecular weight excluding hydrogens is 588 g/mol. The summed E-state index contributed by atoms with van der Waals surface area (Å²) in [5.41, 5.74) is 2.88. The number of phenolic OH excluding ortho intramolecular Hbond substituents is 1. The van der Waals surface area contributed by atoms with Gasteiger partial charge in [0, 0.05) is 63.3 Å². The Morgan fingerprint density at radius 1 is 0.894 bits per heavy atom. The van der Waals surface area contributed by atoms with Crippen LogP contribution in [0.4, 0.5) is 0 Å². The Kier molecular flexibility index (Phi) is 14.6. The molecular formula is C39H60N4O4. The second-order valence-corrected chi connectivity index (χ2v) is 13.9. The van der Waals surface area contributed by atoms with E-state index in [4.69, 9.17) is 4.74 Å². The van der Waals surface area contributed by atoms with Crippen molar-refractivity contribution in [2.45, 2.75) is 97.7 Å². The van der Waals surface area contributed by atoms with Crippen LogP contribution in [0.15, 0.2) is 48.5 Å². The normalized spacial score (nSPS) is 21.3. The van der Waals surface area contributed by atoms with Crippen molar-refractivity contribution in [2.24, 2.45) is 5.92 Å². The fourth-order valence-corrected chi connectivity index (χ4v) is 7.25. The highest BCUT2D eigenvalue weighted by atomic mass is 16.5. The van der Waals surface area contributed by atoms with Crippen LogP contribution in [0, 0.1) is 5.92 Å². The number of benzene rings is 2. The summed E-state index contributed by atoms with van der Waals surface area (Å²) in [5.74, 6) is 0.939. The molecule has 0 bridgehead atoms. The fraction of sp³-hybridized carbons (Fsp3) is 0.641. The Balaban J connectivity index is 1.41. The second-order valence-electron chi connectivity index (χ2n) is 13.9. The number of carbonyl (C=O) groups excluding carboxylic acids is 2. The number of esters is 1. The minimum atomic E-state index is -0.0929. The van der Waals surface area contributed by atoms with Gasteiger partial charge in [-0.05, 0) is 94.4 Å². The van der Waals surface area contributed by atoms with Crippen LogP contribution in [0.2, 0.25) is 0 Å². The second kappa shape index (κ2) is 18.6. The predicted octanol–water partition coefficient (Wildman–Crippen LogP) is 6.58. The molecule has 0 aromatic heterocycles. The third-order valence-electron chi connectivity index (χ3n) is 10.2. The van der Waals surface area contributed by atoms with E-state index < -0.39 is 0 Å². The number of hydrogen-bond donors (Lipinski definition) is 1. The lowest BCUT2D eigenvalue weighted by Crippen LogP contribution is -2.57. The summed E-state index contributed by atoms with van der Waals surface area (Å²) in [6.07, 6.45) is 6.81. The van der Waals surface area contributed by atoms with Gasteiger partial charge in [-0.2, -0.15) is 0 Å². The molecule has 4 atom stereocenters. The van der Waals surface area contributed by atoms with E-state index in [9.17, 15) is 14.7 Å². The van der Waals surface area contributed by atoms with Gasteiger partial charge in [-0.1, -0.05) is 57.4 Å². The summed E-state index contributed by atoms with van der Waals surface area (Å²) in [5, 5.41) is 10.5. The lowest BCUT2D eigenvalue weighted by molar-refractivity contribution is -0.143. The van der Waals surface area contributed by atoms with Crippen molar-refractivity contribution in [2.75, 3.05) is 59.0 Å². The van der Waals surface area contributed by atoms with Crippen molar-refractivity contribution in [3.63, 3.8) is 0 Å². The number of unbranched alkanes of at least 4 members (excludes halogenated alkanes) is 3. The Morgan fingerprint density at radius 2 is 1.64 bits per heavy atom. The summed E-state index contributed by atoms with van der Waals surface area (Å²) in [4.78, 5) is 35.2. The number of phenols is 1. The maximum atomic E-state index is 13.9. The molecule has 260 valence electrons. The van der Waals surface area contributed by atoms with Crippen molar-refractivity contribution in [3.05, 3.63) is 65.2 Å². The van der Waals surface area contributed by atoms with Crippen LogP contribution < -0.4 is 0 Å². The first-order valence-electron chi connectivity index (χ1n) is 18.3. The average Bonchev–Trinajstić information content (AvgIpc) is 3.30. The topological polar surface area (TPSA) is 76.6 Å². The molecule has 2 aliphatic heterocycles. The number of ether oxygens (including phenoxy) is 1. The molecule has 2 aromatic carbocycles. The van der Waals surface area contributed by atoms with Crippen molar-refractivity contribution < 1.29 is 19.4 Å². The number of carbonyl (C=O) groups is 2. The molecule has 4 rings (SSSR count). The molecule has 2 saturated heterocycles. The van der Waals surface area contributed by atoms with E-state index in [1.54, 1.807) is 6.07 Å². The molecule has 1 N–H and O–H groups in total. The molecule has 2 heterocycles. The summed E-state index contributed by atoms with van der Waals surface area (Å²) >= 11 is 0. The Labute approximate surface area is 284 Å². The van der Waals surface area contributed by atoms with Gasteiger partial charge in [0.05, 0.1) is 12.6 Å². The quantitative estimate of drug-likeness (QED) is 0.173. The van der Waals surface area contributed by atoms with Crippen LogP contribution >= 0.6 is 0 Å². The number of piperazine rings is 1. The largest absolute Gasteiger partial charge is 0.508 e. The zero-order valence-electron chi connectivity index (χ0n) is 29.7. The molecule has 1 amide bonds. The van der Waals surface area contributed by atoms with E-state index in [0.29, 0.717) is 31.0 Å². The number of aromatic hydroxyl groups is 1. The van der Waals surface area contributed by atoms with Crippen molar-refractivity contribution in [3.8, 4) is 5.75 Å². The SMILES string of the molecule is CCOC(=O)CCCCCCN1CCCN(C(=O)c2cccc(C(c3cccc(O)c3)N3C[C@@H](C)N(CC(C)CC)C[C@@H]3C)c2)CC1. The molecule has 8 nitrogen and oxygen atoms in total. The lowest BCUT2D eigenvalue weighted by Gasteiger charge is -2.48. The van der Waals surface area contributed by atoms with E-state index in [1.165, 1.54) is 6.42 Å². The standard InChI is InChI=1S/C39H60N4O4/c1-6-30(3)27-42-28-32(5)43(29-31(42)4)38(34-16-13-18-36(44)26-34)33-15-12-17-35(25-33)39(46)41-22-14-21-40(23-24-41)20-11-9-8-10-19-37(45)47-7-2/h12-13,15-18,25-26,30-32,38,44H,6-11,14,19-24,27-29H2,1-5H3/t30?,31-,32+,38?/m1/s1. The van der Waals surface area contributed by atoms with Crippen LogP contribution in [-0.4, -0.2) is 108 Å². The van der Waals surface area contributed by atoms with Crippen LogP contribution in [0.3, 0.4) is 0 Å². The van der Waals surface area contributed by atoms with Gasteiger partial charge < -0.3 is 19.6 Å². The maximum Gasteiger partial charge on any atom is 0.305 e. The van der Waals surface area contributed by atoms with Crippen molar-refractivity contribution in [1.82, 2.24) is 19.6 Å². The van der Waals surface area contributed by atoms with Crippen molar-refractivity contribution >= 4 is 11.9 Å².